The summed E-state index contributed by atoms with van der Waals surface area (Å²) in [6.07, 6.45) is 7.75. The molecule has 0 aliphatic carbocycles. The summed E-state index contributed by atoms with van der Waals surface area (Å²) in [4.78, 5) is 15.4. The van der Waals surface area contributed by atoms with Crippen LogP contribution >= 0.6 is 7.14 Å². The summed E-state index contributed by atoms with van der Waals surface area (Å²) in [6.45, 7) is 16.5. The maximum absolute atomic E-state index is 14.1. The Morgan fingerprint density at radius 3 is 1.83 bits per heavy atom. The van der Waals surface area contributed by atoms with Gasteiger partial charge in [-0.3, -0.25) is 4.79 Å². The topological polar surface area (TPSA) is 37.4 Å². The molecule has 0 fully saturated rings. The molecule has 0 N–H and O–H groups in total. The van der Waals surface area contributed by atoms with Crippen LogP contribution in [0.25, 0.3) is 0 Å². The molecule has 0 aliphatic rings. The number of rotatable bonds is 12. The Morgan fingerprint density at radius 2 is 1.33 bits per heavy atom. The van der Waals surface area contributed by atoms with Crippen molar-refractivity contribution in [2.75, 3.05) is 25.4 Å². The third-order valence-electron chi connectivity index (χ3n) is 5.17. The van der Waals surface area contributed by atoms with Crippen LogP contribution in [0.3, 0.4) is 0 Å². The van der Waals surface area contributed by atoms with Crippen LogP contribution in [-0.4, -0.2) is 36.2 Å². The molecule has 0 bridgehead atoms. The fourth-order valence-corrected chi connectivity index (χ4v) is 6.53. The van der Waals surface area contributed by atoms with Crippen LogP contribution < -0.4 is 5.30 Å². The molecule has 1 aromatic rings. The minimum absolute atomic E-state index is 0.0108. The first kappa shape index (κ1) is 27.0. The lowest BCUT2D eigenvalue weighted by Gasteiger charge is -2.35. The van der Waals surface area contributed by atoms with E-state index in [-0.39, 0.29) is 22.9 Å². The lowest BCUT2D eigenvalue weighted by atomic mass is 9.92. The number of carbonyl (C=O) groups excluding carboxylic acids is 1. The summed E-state index contributed by atoms with van der Waals surface area (Å²) >= 11 is 0. The maximum atomic E-state index is 14.1. The molecule has 1 amide bonds. The van der Waals surface area contributed by atoms with Crippen molar-refractivity contribution in [3.8, 4) is 0 Å². The quantitative estimate of drug-likeness (QED) is 0.263. The third-order valence-corrected chi connectivity index (χ3v) is 8.23. The van der Waals surface area contributed by atoms with Gasteiger partial charge in [0, 0.05) is 24.6 Å². The van der Waals surface area contributed by atoms with Crippen molar-refractivity contribution in [2.45, 2.75) is 87.0 Å². The van der Waals surface area contributed by atoms with Gasteiger partial charge in [0.15, 0.2) is 0 Å². The average molecular weight is 436 g/mol. The smallest absolute Gasteiger partial charge is 0.230 e. The van der Waals surface area contributed by atoms with E-state index in [1.807, 2.05) is 35.2 Å². The molecule has 0 heterocycles. The van der Waals surface area contributed by atoms with Gasteiger partial charge in [-0.2, -0.15) is 0 Å². The fraction of sp³-hybridized carbons (Fsp3) is 0.731. The monoisotopic (exact) mass is 435 g/mol. The van der Waals surface area contributed by atoms with Crippen molar-refractivity contribution in [1.82, 2.24) is 4.90 Å². The van der Waals surface area contributed by atoms with Gasteiger partial charge in [0.2, 0.25) is 5.91 Å². The summed E-state index contributed by atoms with van der Waals surface area (Å²) in [6, 6.07) is 9.73. The standard InChI is InChI=1S/C26H46NO2P/c1-8-9-10-11-12-16-19-30(29,23-17-14-13-15-18-23)20-24(28)27(21-25(2,3)4)22-26(5,6)7/h13-15,17-18H,8-12,16,19-22H2,1-7H3/t30-/m1/s1. The molecular formula is C26H46NO2P. The largest absolute Gasteiger partial charge is 0.341 e. The second-order valence-electron chi connectivity index (χ2n) is 11.2. The van der Waals surface area contributed by atoms with E-state index in [2.05, 4.69) is 48.5 Å². The second kappa shape index (κ2) is 12.1. The number of amides is 1. The molecule has 3 nitrogen and oxygen atoms in total. The zero-order chi connectivity index (χ0) is 22.8. The Kier molecular flexibility index (Phi) is 10.9. The van der Waals surface area contributed by atoms with Crippen molar-refractivity contribution in [1.29, 1.82) is 0 Å². The van der Waals surface area contributed by atoms with E-state index in [1.54, 1.807) is 0 Å². The Labute approximate surface area is 186 Å². The van der Waals surface area contributed by atoms with Gasteiger partial charge < -0.3 is 9.46 Å². The molecule has 0 aliphatic heterocycles. The zero-order valence-corrected chi connectivity index (χ0v) is 21.6. The van der Waals surface area contributed by atoms with Gasteiger partial charge in [-0.15, -0.1) is 0 Å². The molecule has 172 valence electrons. The predicted molar refractivity (Wildman–Crippen MR) is 132 cm³/mol. The molecular weight excluding hydrogens is 389 g/mol. The highest BCUT2D eigenvalue weighted by atomic mass is 31.2. The van der Waals surface area contributed by atoms with E-state index in [9.17, 15) is 9.36 Å². The van der Waals surface area contributed by atoms with Crippen molar-refractivity contribution < 1.29 is 9.36 Å². The van der Waals surface area contributed by atoms with Crippen molar-refractivity contribution >= 4 is 18.4 Å². The Hall–Kier alpha value is -1.08. The minimum atomic E-state index is -2.76. The molecule has 0 unspecified atom stereocenters. The lowest BCUT2D eigenvalue weighted by molar-refractivity contribution is -0.131. The second-order valence-corrected chi connectivity index (χ2v) is 14.3. The summed E-state index contributed by atoms with van der Waals surface area (Å²) < 4.78 is 14.1. The molecule has 0 saturated heterocycles. The third kappa shape index (κ3) is 10.8. The van der Waals surface area contributed by atoms with Crippen molar-refractivity contribution in [3.63, 3.8) is 0 Å². The fourth-order valence-electron chi connectivity index (χ4n) is 3.84. The van der Waals surface area contributed by atoms with Gasteiger partial charge in [-0.25, -0.2) is 0 Å². The van der Waals surface area contributed by atoms with E-state index in [4.69, 9.17) is 0 Å². The maximum Gasteiger partial charge on any atom is 0.230 e. The Balaban J connectivity index is 2.97. The highest BCUT2D eigenvalue weighted by molar-refractivity contribution is 7.72. The highest BCUT2D eigenvalue weighted by Gasteiger charge is 2.32. The Morgan fingerprint density at radius 1 is 0.833 bits per heavy atom. The summed E-state index contributed by atoms with van der Waals surface area (Å²) in [5, 5.41) is 0.860. The molecule has 1 aromatic carbocycles. The van der Waals surface area contributed by atoms with Gasteiger partial charge in [0.1, 0.15) is 7.14 Å². The molecule has 0 radical (unpaired) electrons. The van der Waals surface area contributed by atoms with Gasteiger partial charge in [0.05, 0.1) is 6.16 Å². The summed E-state index contributed by atoms with van der Waals surface area (Å²) in [7, 11) is -2.76. The van der Waals surface area contributed by atoms with Crippen LogP contribution in [0.4, 0.5) is 0 Å². The minimum Gasteiger partial charge on any atom is -0.341 e. The predicted octanol–water partition coefficient (Wildman–Crippen LogP) is 6.96. The normalized spacial score (nSPS) is 14.4. The van der Waals surface area contributed by atoms with Crippen LogP contribution in [0.5, 0.6) is 0 Å². The van der Waals surface area contributed by atoms with E-state index in [0.717, 1.165) is 18.1 Å². The highest BCUT2D eigenvalue weighted by Crippen LogP contribution is 2.46. The lowest BCUT2D eigenvalue weighted by Crippen LogP contribution is -2.44. The summed E-state index contributed by atoms with van der Waals surface area (Å²) in [5.41, 5.74) is 0.0217. The number of hydrogen-bond donors (Lipinski definition) is 0. The Bertz CT molecular complexity index is 655. The van der Waals surface area contributed by atoms with Crippen molar-refractivity contribution in [3.05, 3.63) is 30.3 Å². The summed E-state index contributed by atoms with van der Waals surface area (Å²) in [5.74, 6) is 0.0398. The van der Waals surface area contributed by atoms with Gasteiger partial charge >= 0.3 is 0 Å². The molecule has 0 saturated carbocycles. The number of carbonyl (C=O) groups is 1. The first-order valence-electron chi connectivity index (χ1n) is 11.8. The first-order chi connectivity index (χ1) is 13.9. The van der Waals surface area contributed by atoms with E-state index >= 15 is 0 Å². The van der Waals surface area contributed by atoms with Crippen LogP contribution in [0.1, 0.15) is 87.0 Å². The van der Waals surface area contributed by atoms with Crippen LogP contribution in [0.2, 0.25) is 0 Å². The van der Waals surface area contributed by atoms with Crippen LogP contribution in [-0.2, 0) is 9.36 Å². The zero-order valence-electron chi connectivity index (χ0n) is 20.7. The van der Waals surface area contributed by atoms with Gasteiger partial charge in [-0.1, -0.05) is 111 Å². The molecule has 1 atom stereocenters. The van der Waals surface area contributed by atoms with Crippen LogP contribution in [0, 0.1) is 10.8 Å². The molecule has 0 spiro atoms. The van der Waals surface area contributed by atoms with Crippen LogP contribution in [0.15, 0.2) is 30.3 Å². The van der Waals surface area contributed by atoms with Gasteiger partial charge in [0.25, 0.3) is 0 Å². The number of unbranched alkanes of at least 4 members (excludes halogenated alkanes) is 5. The van der Waals surface area contributed by atoms with Gasteiger partial charge in [-0.05, 0) is 17.3 Å². The van der Waals surface area contributed by atoms with Crippen molar-refractivity contribution in [2.24, 2.45) is 10.8 Å². The van der Waals surface area contributed by atoms with E-state index in [1.165, 1.54) is 25.7 Å². The molecule has 1 rings (SSSR count). The average Bonchev–Trinajstić information content (AvgIpc) is 2.62. The number of nitrogens with zero attached hydrogens (tertiary/aromatic N) is 1. The first-order valence-corrected chi connectivity index (χ1v) is 13.9. The van der Waals surface area contributed by atoms with E-state index < -0.39 is 7.14 Å². The molecule has 30 heavy (non-hydrogen) atoms. The van der Waals surface area contributed by atoms with E-state index in [0.29, 0.717) is 19.3 Å². The number of hydrogen-bond acceptors (Lipinski definition) is 2. The SMILES string of the molecule is CCCCCCCC[P@@](=O)(CC(=O)N(CC(C)(C)C)CC(C)(C)C)c1ccccc1. The molecule has 4 heteroatoms. The molecule has 0 aromatic heterocycles. The number of benzene rings is 1.